The first-order valence-corrected chi connectivity index (χ1v) is 10.1. The van der Waals surface area contributed by atoms with E-state index < -0.39 is 0 Å². The van der Waals surface area contributed by atoms with Crippen molar-refractivity contribution >= 4 is 5.95 Å². The number of anilines is 1. The van der Waals surface area contributed by atoms with Crippen LogP contribution in [0, 0.1) is 5.82 Å². The van der Waals surface area contributed by atoms with Crippen LogP contribution in [0.2, 0.25) is 0 Å². The van der Waals surface area contributed by atoms with Crippen LogP contribution in [0.4, 0.5) is 10.3 Å². The summed E-state index contributed by atoms with van der Waals surface area (Å²) in [7, 11) is 2.16. The van der Waals surface area contributed by atoms with Gasteiger partial charge in [-0.2, -0.15) is 0 Å². The van der Waals surface area contributed by atoms with E-state index in [0.717, 1.165) is 48.6 Å². The maximum Gasteiger partial charge on any atom is 0.223 e. The Morgan fingerprint density at radius 2 is 1.79 bits per heavy atom. The third-order valence-electron chi connectivity index (χ3n) is 5.31. The van der Waals surface area contributed by atoms with E-state index in [9.17, 15) is 4.39 Å². The van der Waals surface area contributed by atoms with Crippen molar-refractivity contribution in [2.24, 2.45) is 0 Å². The summed E-state index contributed by atoms with van der Waals surface area (Å²) in [6.07, 6.45) is 5.80. The second kappa shape index (κ2) is 8.29. The molecule has 1 N–H and O–H groups in total. The number of halogens is 1. The first-order valence-electron chi connectivity index (χ1n) is 10.1. The van der Waals surface area contributed by atoms with Gasteiger partial charge >= 0.3 is 0 Å². The number of likely N-dealkylation sites (tertiary alicyclic amines) is 1. The van der Waals surface area contributed by atoms with Gasteiger partial charge in [0, 0.05) is 23.8 Å². The molecule has 0 amide bonds. The highest BCUT2D eigenvalue weighted by molar-refractivity contribution is 5.77. The molecule has 0 atom stereocenters. The summed E-state index contributed by atoms with van der Waals surface area (Å²) in [5, 5.41) is 3.27. The topological polar surface area (TPSA) is 58.9 Å². The Labute approximate surface area is 170 Å². The van der Waals surface area contributed by atoms with Gasteiger partial charge in [0.1, 0.15) is 5.82 Å². The number of piperidine rings is 1. The van der Waals surface area contributed by atoms with Crippen LogP contribution in [-0.2, 0) is 0 Å². The molecule has 29 heavy (non-hydrogen) atoms. The maximum atomic E-state index is 13.5. The molecule has 4 rings (SSSR count). The van der Waals surface area contributed by atoms with Crippen LogP contribution in [0.5, 0.6) is 0 Å². The van der Waals surface area contributed by atoms with Gasteiger partial charge in [-0.05, 0) is 77.2 Å². The van der Waals surface area contributed by atoms with Gasteiger partial charge in [-0.25, -0.2) is 19.3 Å². The summed E-state index contributed by atoms with van der Waals surface area (Å²) < 4.78 is 15.7. The van der Waals surface area contributed by atoms with E-state index in [-0.39, 0.29) is 11.9 Å². The Kier molecular flexibility index (Phi) is 5.58. The minimum atomic E-state index is -0.254. The lowest BCUT2D eigenvalue weighted by Crippen LogP contribution is -2.31. The molecule has 6 nitrogen and oxygen atoms in total. The van der Waals surface area contributed by atoms with Crippen molar-refractivity contribution in [1.29, 1.82) is 0 Å². The van der Waals surface area contributed by atoms with Crippen molar-refractivity contribution in [2.75, 3.05) is 25.5 Å². The fraction of sp³-hybridized carbons (Fsp3) is 0.409. The SMILES string of the molecule is CC(C)Nc1nccc(-c2c(-c3ccc(F)cc3)ncn2C2CCN(C)CC2)n1. The van der Waals surface area contributed by atoms with E-state index in [1.807, 2.05) is 12.4 Å². The molecular formula is C22H27FN6. The summed E-state index contributed by atoms with van der Waals surface area (Å²) in [5.74, 6) is 0.342. The molecule has 1 aromatic carbocycles. The molecule has 0 spiro atoms. The number of nitrogens with zero attached hydrogens (tertiary/aromatic N) is 5. The average molecular weight is 394 g/mol. The largest absolute Gasteiger partial charge is 0.352 e. The highest BCUT2D eigenvalue weighted by Crippen LogP contribution is 2.35. The molecule has 1 saturated heterocycles. The summed E-state index contributed by atoms with van der Waals surface area (Å²) in [6, 6.07) is 9.00. The third kappa shape index (κ3) is 4.29. The fourth-order valence-corrected chi connectivity index (χ4v) is 3.80. The standard InChI is InChI=1S/C22H27FN6/c1-15(2)26-22-24-11-8-19(27-22)21-20(16-4-6-17(23)7-5-16)25-14-29(21)18-9-12-28(3)13-10-18/h4-8,11,14-15,18H,9-10,12-13H2,1-3H3,(H,24,26,27). The molecule has 3 heterocycles. The van der Waals surface area contributed by atoms with Crippen molar-refractivity contribution in [3.63, 3.8) is 0 Å². The molecule has 1 fully saturated rings. The average Bonchev–Trinajstić information content (AvgIpc) is 3.14. The molecule has 0 unspecified atom stereocenters. The number of imidazole rings is 1. The quantitative estimate of drug-likeness (QED) is 0.702. The van der Waals surface area contributed by atoms with Gasteiger partial charge in [0.05, 0.1) is 23.4 Å². The van der Waals surface area contributed by atoms with Crippen molar-refractivity contribution in [1.82, 2.24) is 24.4 Å². The van der Waals surface area contributed by atoms with E-state index in [2.05, 4.69) is 40.7 Å². The van der Waals surface area contributed by atoms with Crippen LogP contribution in [0.3, 0.4) is 0 Å². The Hall–Kier alpha value is -2.80. The first kappa shape index (κ1) is 19.5. The zero-order valence-corrected chi connectivity index (χ0v) is 17.1. The maximum absolute atomic E-state index is 13.5. The summed E-state index contributed by atoms with van der Waals surface area (Å²) in [6.45, 7) is 6.22. The number of rotatable bonds is 5. The van der Waals surface area contributed by atoms with Gasteiger partial charge in [-0.3, -0.25) is 0 Å². The highest BCUT2D eigenvalue weighted by atomic mass is 19.1. The number of hydrogen-bond donors (Lipinski definition) is 1. The van der Waals surface area contributed by atoms with Crippen molar-refractivity contribution in [3.05, 3.63) is 48.7 Å². The summed E-state index contributed by atoms with van der Waals surface area (Å²) >= 11 is 0. The lowest BCUT2D eigenvalue weighted by molar-refractivity contribution is 0.222. The van der Waals surface area contributed by atoms with Crippen LogP contribution < -0.4 is 5.32 Å². The molecule has 1 aliphatic rings. The Bertz CT molecular complexity index is 958. The van der Waals surface area contributed by atoms with Gasteiger partial charge in [-0.15, -0.1) is 0 Å². The molecule has 1 aliphatic heterocycles. The number of benzene rings is 1. The molecule has 0 saturated carbocycles. The third-order valence-corrected chi connectivity index (χ3v) is 5.31. The number of nitrogens with one attached hydrogen (secondary N) is 1. The zero-order chi connectivity index (χ0) is 20.4. The second-order valence-corrected chi connectivity index (χ2v) is 7.95. The van der Waals surface area contributed by atoms with Crippen LogP contribution in [0.25, 0.3) is 22.6 Å². The molecule has 152 valence electrons. The molecule has 3 aromatic rings. The monoisotopic (exact) mass is 394 g/mol. The van der Waals surface area contributed by atoms with Crippen LogP contribution in [0.15, 0.2) is 42.9 Å². The fourth-order valence-electron chi connectivity index (χ4n) is 3.80. The van der Waals surface area contributed by atoms with Crippen LogP contribution in [0.1, 0.15) is 32.7 Å². The van der Waals surface area contributed by atoms with Crippen molar-refractivity contribution in [3.8, 4) is 22.6 Å². The van der Waals surface area contributed by atoms with Gasteiger partial charge < -0.3 is 14.8 Å². The van der Waals surface area contributed by atoms with Crippen LogP contribution >= 0.6 is 0 Å². The number of aromatic nitrogens is 4. The zero-order valence-electron chi connectivity index (χ0n) is 17.1. The lowest BCUT2D eigenvalue weighted by atomic mass is 10.0. The predicted octanol–water partition coefficient (Wildman–Crippen LogP) is 4.23. The van der Waals surface area contributed by atoms with Crippen molar-refractivity contribution in [2.45, 2.75) is 38.8 Å². The van der Waals surface area contributed by atoms with Gasteiger partial charge in [0.15, 0.2) is 0 Å². The molecule has 2 aromatic heterocycles. The number of hydrogen-bond acceptors (Lipinski definition) is 5. The van der Waals surface area contributed by atoms with Crippen LogP contribution in [-0.4, -0.2) is 50.6 Å². The molecular weight excluding hydrogens is 367 g/mol. The van der Waals surface area contributed by atoms with Crippen molar-refractivity contribution < 1.29 is 4.39 Å². The highest BCUT2D eigenvalue weighted by Gasteiger charge is 2.24. The molecule has 0 bridgehead atoms. The second-order valence-electron chi connectivity index (χ2n) is 7.95. The summed E-state index contributed by atoms with van der Waals surface area (Å²) in [5.41, 5.74) is 3.47. The Morgan fingerprint density at radius 1 is 1.07 bits per heavy atom. The van der Waals surface area contributed by atoms with E-state index in [1.54, 1.807) is 18.3 Å². The molecule has 0 aliphatic carbocycles. The van der Waals surface area contributed by atoms with E-state index in [0.29, 0.717) is 12.0 Å². The van der Waals surface area contributed by atoms with Gasteiger partial charge in [-0.1, -0.05) is 0 Å². The normalized spacial score (nSPS) is 15.8. The van der Waals surface area contributed by atoms with Gasteiger partial charge in [0.2, 0.25) is 5.95 Å². The smallest absolute Gasteiger partial charge is 0.223 e. The van der Waals surface area contributed by atoms with E-state index in [1.165, 1.54) is 12.1 Å². The van der Waals surface area contributed by atoms with E-state index >= 15 is 0 Å². The summed E-state index contributed by atoms with van der Waals surface area (Å²) in [4.78, 5) is 16.2. The molecule has 0 radical (unpaired) electrons. The predicted molar refractivity (Wildman–Crippen MR) is 113 cm³/mol. The minimum absolute atomic E-state index is 0.237. The Morgan fingerprint density at radius 3 is 2.48 bits per heavy atom. The Balaban J connectivity index is 1.80. The lowest BCUT2D eigenvalue weighted by Gasteiger charge is -2.30. The van der Waals surface area contributed by atoms with E-state index in [4.69, 9.17) is 9.97 Å². The first-order chi connectivity index (χ1) is 14.0. The van der Waals surface area contributed by atoms with Gasteiger partial charge in [0.25, 0.3) is 0 Å². The molecule has 7 heteroatoms. The minimum Gasteiger partial charge on any atom is -0.352 e.